The summed E-state index contributed by atoms with van der Waals surface area (Å²) in [7, 11) is -10.1. The minimum Gasteiger partial charge on any atom is -0.446 e. The van der Waals surface area contributed by atoms with Crippen molar-refractivity contribution < 1.29 is 45.3 Å². The highest BCUT2D eigenvalue weighted by Crippen LogP contribution is 2.56. The van der Waals surface area contributed by atoms with Gasteiger partial charge in [0.1, 0.15) is 9.79 Å². The molecule has 1 aliphatic heterocycles. The zero-order valence-corrected chi connectivity index (χ0v) is 14.6. The van der Waals surface area contributed by atoms with Crippen molar-refractivity contribution in [3.63, 3.8) is 0 Å². The zero-order valence-electron chi connectivity index (χ0n) is 13.0. The van der Waals surface area contributed by atoms with E-state index in [-0.39, 0.29) is 0 Å². The van der Waals surface area contributed by atoms with Gasteiger partial charge in [0.15, 0.2) is 11.5 Å². The first-order chi connectivity index (χ1) is 12.8. The Bertz CT molecular complexity index is 1170. The number of rotatable bonds is 4. The van der Waals surface area contributed by atoms with E-state index in [9.17, 15) is 46.2 Å². The normalized spacial score (nSPS) is 12.9. The maximum Gasteiger partial charge on any atom is 0.315 e. The maximum absolute atomic E-state index is 11.5. The van der Waals surface area contributed by atoms with Crippen molar-refractivity contribution in [1.82, 2.24) is 0 Å². The van der Waals surface area contributed by atoms with Gasteiger partial charge in [-0.25, -0.2) is 0 Å². The average molecular weight is 434 g/mol. The van der Waals surface area contributed by atoms with Gasteiger partial charge in [0.2, 0.25) is 11.5 Å². The summed E-state index contributed by atoms with van der Waals surface area (Å²) in [6.07, 6.45) is 0. The van der Waals surface area contributed by atoms with Crippen LogP contribution < -0.4 is 9.47 Å². The number of hydrogen-bond donors (Lipinski definition) is 2. The lowest BCUT2D eigenvalue weighted by molar-refractivity contribution is -0.387. The van der Waals surface area contributed by atoms with E-state index in [1.54, 1.807) is 0 Å². The van der Waals surface area contributed by atoms with Crippen LogP contribution in [0.25, 0.3) is 0 Å². The van der Waals surface area contributed by atoms with E-state index >= 15 is 0 Å². The van der Waals surface area contributed by atoms with Gasteiger partial charge in [0.25, 0.3) is 20.2 Å². The molecule has 0 saturated heterocycles. The Morgan fingerprint density at radius 3 is 1.29 bits per heavy atom. The van der Waals surface area contributed by atoms with Crippen molar-refractivity contribution in [3.8, 4) is 23.0 Å². The summed E-state index contributed by atoms with van der Waals surface area (Å²) >= 11 is 0. The summed E-state index contributed by atoms with van der Waals surface area (Å²) in [5.41, 5.74) is -1.78. The molecule has 148 valence electrons. The maximum atomic E-state index is 11.5. The summed E-state index contributed by atoms with van der Waals surface area (Å²) < 4.78 is 74.8. The van der Waals surface area contributed by atoms with Crippen LogP contribution in [0.4, 0.5) is 11.4 Å². The highest BCUT2D eigenvalue weighted by atomic mass is 32.2. The van der Waals surface area contributed by atoms with Gasteiger partial charge in [-0.05, 0) is 12.1 Å². The second kappa shape index (κ2) is 6.09. The molecule has 3 rings (SSSR count). The van der Waals surface area contributed by atoms with Gasteiger partial charge in [-0.2, -0.15) is 16.8 Å². The third-order valence-corrected chi connectivity index (χ3v) is 5.22. The molecular formula is C12H6N2O12S2. The van der Waals surface area contributed by atoms with Crippen LogP contribution in [0.3, 0.4) is 0 Å². The molecule has 0 fully saturated rings. The van der Waals surface area contributed by atoms with Gasteiger partial charge in [-0.3, -0.25) is 29.3 Å². The van der Waals surface area contributed by atoms with E-state index in [4.69, 9.17) is 9.47 Å². The monoisotopic (exact) mass is 434 g/mol. The first-order valence-electron chi connectivity index (χ1n) is 6.76. The van der Waals surface area contributed by atoms with Crippen molar-refractivity contribution in [2.45, 2.75) is 9.79 Å². The fourth-order valence-electron chi connectivity index (χ4n) is 2.36. The molecule has 0 radical (unpaired) electrons. The molecule has 14 nitrogen and oxygen atoms in total. The zero-order chi connectivity index (χ0) is 21.0. The Morgan fingerprint density at radius 1 is 0.679 bits per heavy atom. The molecule has 0 aliphatic carbocycles. The molecule has 2 N–H and O–H groups in total. The summed E-state index contributed by atoms with van der Waals surface area (Å²) in [5.74, 6) is -3.84. The Hall–Kier alpha value is -3.34. The largest absolute Gasteiger partial charge is 0.446 e. The summed E-state index contributed by atoms with van der Waals surface area (Å²) in [5, 5.41) is 22.4. The second-order valence-corrected chi connectivity index (χ2v) is 7.93. The van der Waals surface area contributed by atoms with E-state index < -0.39 is 74.2 Å². The molecular weight excluding hydrogens is 428 g/mol. The molecule has 0 aromatic heterocycles. The highest BCUT2D eigenvalue weighted by molar-refractivity contribution is 7.86. The summed E-state index contributed by atoms with van der Waals surface area (Å²) in [6.45, 7) is 0. The third kappa shape index (κ3) is 3.09. The molecule has 0 amide bonds. The molecule has 1 aliphatic rings. The number of benzene rings is 2. The number of fused-ring (bicyclic) bond motifs is 2. The van der Waals surface area contributed by atoms with Crippen LogP contribution in [-0.2, 0) is 20.2 Å². The van der Waals surface area contributed by atoms with Gasteiger partial charge in [-0.15, -0.1) is 0 Å². The van der Waals surface area contributed by atoms with Crippen LogP contribution in [0.15, 0.2) is 34.1 Å². The van der Waals surface area contributed by atoms with E-state index in [1.165, 1.54) is 0 Å². The van der Waals surface area contributed by atoms with Crippen molar-refractivity contribution in [3.05, 3.63) is 44.5 Å². The van der Waals surface area contributed by atoms with Crippen molar-refractivity contribution in [2.75, 3.05) is 0 Å². The minimum absolute atomic E-state index is 0.588. The molecule has 0 atom stereocenters. The fraction of sp³-hybridized carbons (Fsp3) is 0. The fourth-order valence-corrected chi connectivity index (χ4v) is 3.57. The van der Waals surface area contributed by atoms with Crippen LogP contribution in [0.2, 0.25) is 0 Å². The van der Waals surface area contributed by atoms with Crippen molar-refractivity contribution in [2.24, 2.45) is 0 Å². The number of hydrogen-bond acceptors (Lipinski definition) is 10. The van der Waals surface area contributed by atoms with Crippen LogP contribution in [-0.4, -0.2) is 35.8 Å². The van der Waals surface area contributed by atoms with Crippen LogP contribution in [0.1, 0.15) is 0 Å². The quantitative estimate of drug-likeness (QED) is 0.342. The van der Waals surface area contributed by atoms with Crippen LogP contribution in [0, 0.1) is 20.2 Å². The van der Waals surface area contributed by atoms with Gasteiger partial charge in [-0.1, -0.05) is 0 Å². The minimum atomic E-state index is -5.04. The third-order valence-electron chi connectivity index (χ3n) is 3.47. The molecule has 2 aromatic rings. The first kappa shape index (κ1) is 19.4. The van der Waals surface area contributed by atoms with Crippen molar-refractivity contribution in [1.29, 1.82) is 0 Å². The van der Waals surface area contributed by atoms with Gasteiger partial charge in [0, 0.05) is 12.1 Å². The topological polar surface area (TPSA) is 213 Å². The van der Waals surface area contributed by atoms with Crippen LogP contribution in [0.5, 0.6) is 23.0 Å². The Labute approximate surface area is 154 Å². The first-order valence-corrected chi connectivity index (χ1v) is 9.64. The molecule has 0 spiro atoms. The van der Waals surface area contributed by atoms with Crippen molar-refractivity contribution >= 4 is 31.6 Å². The molecule has 0 unspecified atom stereocenters. The summed E-state index contributed by atoms with van der Waals surface area (Å²) in [4.78, 5) is 18.2. The van der Waals surface area contributed by atoms with E-state index in [0.29, 0.717) is 24.3 Å². The molecule has 16 heteroatoms. The van der Waals surface area contributed by atoms with Gasteiger partial charge < -0.3 is 9.47 Å². The average Bonchev–Trinajstić information content (AvgIpc) is 2.55. The second-order valence-electron chi connectivity index (χ2n) is 5.15. The molecule has 0 bridgehead atoms. The van der Waals surface area contributed by atoms with Gasteiger partial charge >= 0.3 is 11.4 Å². The highest BCUT2D eigenvalue weighted by Gasteiger charge is 2.40. The lowest BCUT2D eigenvalue weighted by atomic mass is 10.2. The Morgan fingerprint density at radius 2 is 1.00 bits per heavy atom. The molecule has 0 saturated carbocycles. The van der Waals surface area contributed by atoms with E-state index in [0.717, 1.165) is 0 Å². The standard InChI is InChI=1S/C12H6N2O12S2/c15-13(16)5-1-3-7(27(19,20)21)11-9(5)25-10-6(14(17)18)2-4-8(12(10)26-11)28(22,23)24/h1-4H,(H,19,20,21)(H,22,23,24). The lowest BCUT2D eigenvalue weighted by Crippen LogP contribution is -2.12. The molecule has 2 aromatic carbocycles. The summed E-state index contributed by atoms with van der Waals surface area (Å²) in [6, 6.07) is 2.44. The Balaban J connectivity index is 2.42. The van der Waals surface area contributed by atoms with E-state index in [2.05, 4.69) is 0 Å². The number of ether oxygens (including phenoxy) is 2. The number of nitro groups is 2. The molecule has 28 heavy (non-hydrogen) atoms. The lowest BCUT2D eigenvalue weighted by Gasteiger charge is -2.22. The smallest absolute Gasteiger partial charge is 0.315 e. The molecule has 1 heterocycles. The number of nitrogens with zero attached hydrogens (tertiary/aromatic N) is 2. The predicted octanol–water partition coefficient (Wildman–Crippen LogP) is 1.89. The SMILES string of the molecule is O=[N+]([O-])c1ccc(S(=O)(=O)O)c2c1Oc1c([N+](=O)[O-])ccc(S(=O)(=O)O)c1O2. The Kier molecular flexibility index (Phi) is 4.23. The van der Waals surface area contributed by atoms with E-state index in [1.807, 2.05) is 0 Å². The number of nitro benzene ring substituents is 2. The van der Waals surface area contributed by atoms with Gasteiger partial charge in [0.05, 0.1) is 9.85 Å². The van der Waals surface area contributed by atoms with Crippen LogP contribution >= 0.6 is 0 Å². The predicted molar refractivity (Wildman–Crippen MR) is 86.0 cm³/mol.